The summed E-state index contributed by atoms with van der Waals surface area (Å²) in [5.74, 6) is -0.543. The second-order valence-corrected chi connectivity index (χ2v) is 7.74. The Morgan fingerprint density at radius 3 is 2.04 bits per heavy atom. The number of halogens is 2. The average molecular weight is 373 g/mol. The van der Waals surface area contributed by atoms with Gasteiger partial charge in [0.05, 0.1) is 18.5 Å². The van der Waals surface area contributed by atoms with Gasteiger partial charge in [-0.1, -0.05) is 35.3 Å². The lowest BCUT2D eigenvalue weighted by atomic mass is 10.1. The number of sulfonamides is 1. The van der Waals surface area contributed by atoms with Crippen LogP contribution in [0.25, 0.3) is 0 Å². The monoisotopic (exact) mass is 372 g/mol. The van der Waals surface area contributed by atoms with Gasteiger partial charge in [0.1, 0.15) is 0 Å². The lowest BCUT2D eigenvalue weighted by molar-refractivity contribution is 0.100. The Morgan fingerprint density at radius 1 is 1.09 bits per heavy atom. The van der Waals surface area contributed by atoms with Gasteiger partial charge in [-0.25, -0.2) is 8.42 Å². The first-order valence-electron chi connectivity index (χ1n) is 6.49. The quantitative estimate of drug-likeness (QED) is 0.875. The van der Waals surface area contributed by atoms with E-state index in [1.54, 1.807) is 24.3 Å². The number of benzene rings is 2. The van der Waals surface area contributed by atoms with Gasteiger partial charge in [-0.15, -0.1) is 0 Å². The molecule has 2 aromatic rings. The van der Waals surface area contributed by atoms with Gasteiger partial charge in [0.2, 0.25) is 15.9 Å². The molecule has 122 valence electrons. The first-order chi connectivity index (χ1) is 10.7. The van der Waals surface area contributed by atoms with Gasteiger partial charge in [-0.2, -0.15) is 0 Å². The molecule has 0 saturated carbocycles. The van der Waals surface area contributed by atoms with E-state index in [-0.39, 0.29) is 6.54 Å². The summed E-state index contributed by atoms with van der Waals surface area (Å²) in [4.78, 5) is 11.1. The lowest BCUT2D eigenvalue weighted by Gasteiger charge is -2.23. The second-order valence-electron chi connectivity index (χ2n) is 4.96. The van der Waals surface area contributed by atoms with Crippen LogP contribution in [0.3, 0.4) is 0 Å². The maximum absolute atomic E-state index is 12.1. The third kappa shape index (κ3) is 4.60. The van der Waals surface area contributed by atoms with Crippen molar-refractivity contribution in [2.24, 2.45) is 5.73 Å². The molecule has 2 N–H and O–H groups in total. The second kappa shape index (κ2) is 6.78. The van der Waals surface area contributed by atoms with Crippen molar-refractivity contribution in [1.29, 1.82) is 0 Å². The Morgan fingerprint density at radius 2 is 1.61 bits per heavy atom. The summed E-state index contributed by atoms with van der Waals surface area (Å²) in [6.45, 7) is 0.0779. The van der Waals surface area contributed by atoms with Crippen LogP contribution in [0.5, 0.6) is 0 Å². The number of amides is 1. The highest BCUT2D eigenvalue weighted by atomic mass is 35.5. The highest BCUT2D eigenvalue weighted by molar-refractivity contribution is 7.92. The molecule has 5 nitrogen and oxygen atoms in total. The van der Waals surface area contributed by atoms with E-state index in [9.17, 15) is 13.2 Å². The smallest absolute Gasteiger partial charge is 0.248 e. The Balaban J connectivity index is 2.38. The molecule has 0 bridgehead atoms. The average Bonchev–Trinajstić information content (AvgIpc) is 2.42. The minimum atomic E-state index is -3.55. The highest BCUT2D eigenvalue weighted by Gasteiger charge is 2.19. The Hall–Kier alpha value is -1.76. The van der Waals surface area contributed by atoms with Crippen molar-refractivity contribution in [1.82, 2.24) is 0 Å². The van der Waals surface area contributed by atoms with Crippen molar-refractivity contribution in [3.05, 3.63) is 63.6 Å². The molecule has 0 aromatic heterocycles. The fourth-order valence-corrected chi connectivity index (χ4v) is 3.41. The normalized spacial score (nSPS) is 11.3. The van der Waals surface area contributed by atoms with Crippen molar-refractivity contribution in [3.63, 3.8) is 0 Å². The van der Waals surface area contributed by atoms with Crippen LogP contribution in [0.1, 0.15) is 15.9 Å². The van der Waals surface area contributed by atoms with E-state index in [2.05, 4.69) is 0 Å². The third-order valence-corrected chi connectivity index (χ3v) is 4.68. The minimum absolute atomic E-state index is 0.0779. The van der Waals surface area contributed by atoms with E-state index in [0.29, 0.717) is 26.9 Å². The first kappa shape index (κ1) is 17.6. The summed E-state index contributed by atoms with van der Waals surface area (Å²) in [6, 6.07) is 10.9. The van der Waals surface area contributed by atoms with Crippen LogP contribution in [0.15, 0.2) is 42.5 Å². The summed E-state index contributed by atoms with van der Waals surface area (Å²) >= 11 is 11.9. The van der Waals surface area contributed by atoms with Crippen LogP contribution >= 0.6 is 23.2 Å². The minimum Gasteiger partial charge on any atom is -0.366 e. The molecule has 0 heterocycles. The van der Waals surface area contributed by atoms with Gasteiger partial charge < -0.3 is 5.73 Å². The number of carbonyl (C=O) groups is 1. The summed E-state index contributed by atoms with van der Waals surface area (Å²) in [5, 5.41) is 0.676. The number of primary amides is 1. The topological polar surface area (TPSA) is 80.5 Å². The van der Waals surface area contributed by atoms with Crippen molar-refractivity contribution in [2.45, 2.75) is 6.54 Å². The van der Waals surface area contributed by atoms with Crippen LogP contribution < -0.4 is 10.0 Å². The molecule has 0 aliphatic rings. The molecular weight excluding hydrogens is 359 g/mol. The fourth-order valence-electron chi connectivity index (χ4n) is 2.02. The number of hydrogen-bond donors (Lipinski definition) is 1. The van der Waals surface area contributed by atoms with E-state index in [1.807, 2.05) is 0 Å². The molecule has 0 saturated heterocycles. The van der Waals surface area contributed by atoms with Crippen LogP contribution in [-0.2, 0) is 16.6 Å². The maximum atomic E-state index is 12.1. The standard InChI is InChI=1S/C15H14Cl2N2O3S/c1-23(21,22)19(14-7-12(16)6-13(17)8-14)9-10-2-4-11(5-3-10)15(18)20/h2-8H,9H2,1H3,(H2,18,20). The third-order valence-electron chi connectivity index (χ3n) is 3.10. The number of anilines is 1. The number of nitrogens with two attached hydrogens (primary N) is 1. The molecule has 23 heavy (non-hydrogen) atoms. The van der Waals surface area contributed by atoms with E-state index >= 15 is 0 Å². The molecule has 0 radical (unpaired) electrons. The number of hydrogen-bond acceptors (Lipinski definition) is 3. The van der Waals surface area contributed by atoms with Crippen LogP contribution in [0.4, 0.5) is 5.69 Å². The van der Waals surface area contributed by atoms with Crippen molar-refractivity contribution < 1.29 is 13.2 Å². The fraction of sp³-hybridized carbons (Fsp3) is 0.133. The van der Waals surface area contributed by atoms with Gasteiger partial charge in [-0.05, 0) is 35.9 Å². The zero-order valence-electron chi connectivity index (χ0n) is 12.2. The zero-order chi connectivity index (χ0) is 17.2. The predicted octanol–water partition coefficient (Wildman–Crippen LogP) is 3.06. The van der Waals surface area contributed by atoms with E-state index in [4.69, 9.17) is 28.9 Å². The molecule has 0 spiro atoms. The van der Waals surface area contributed by atoms with Gasteiger partial charge >= 0.3 is 0 Å². The van der Waals surface area contributed by atoms with Gasteiger partial charge in [-0.3, -0.25) is 9.10 Å². The molecule has 0 unspecified atom stereocenters. The summed E-state index contributed by atoms with van der Waals surface area (Å²) in [5.41, 5.74) is 6.59. The van der Waals surface area contributed by atoms with Crippen molar-refractivity contribution in [2.75, 3.05) is 10.6 Å². The molecule has 0 fully saturated rings. The lowest BCUT2D eigenvalue weighted by Crippen LogP contribution is -2.29. The summed E-state index contributed by atoms with van der Waals surface area (Å²) in [7, 11) is -3.55. The van der Waals surface area contributed by atoms with Gasteiger partial charge in [0.25, 0.3) is 0 Å². The van der Waals surface area contributed by atoms with E-state index in [0.717, 1.165) is 6.26 Å². The van der Waals surface area contributed by atoms with E-state index in [1.165, 1.54) is 22.5 Å². The van der Waals surface area contributed by atoms with Gasteiger partial charge in [0.15, 0.2) is 0 Å². The molecule has 0 aliphatic heterocycles. The largest absolute Gasteiger partial charge is 0.366 e. The van der Waals surface area contributed by atoms with Crippen LogP contribution in [-0.4, -0.2) is 20.6 Å². The summed E-state index contributed by atoms with van der Waals surface area (Å²) < 4.78 is 25.4. The molecule has 2 rings (SSSR count). The van der Waals surface area contributed by atoms with E-state index < -0.39 is 15.9 Å². The van der Waals surface area contributed by atoms with Crippen LogP contribution in [0.2, 0.25) is 10.0 Å². The molecule has 8 heteroatoms. The highest BCUT2D eigenvalue weighted by Crippen LogP contribution is 2.28. The number of nitrogens with zero attached hydrogens (tertiary/aromatic N) is 1. The predicted molar refractivity (Wildman–Crippen MR) is 92.4 cm³/mol. The molecule has 2 aromatic carbocycles. The van der Waals surface area contributed by atoms with Gasteiger partial charge in [0, 0.05) is 15.6 Å². The number of rotatable bonds is 5. The zero-order valence-corrected chi connectivity index (χ0v) is 14.5. The Kier molecular flexibility index (Phi) is 5.19. The SMILES string of the molecule is CS(=O)(=O)N(Cc1ccc(C(N)=O)cc1)c1cc(Cl)cc(Cl)c1. The maximum Gasteiger partial charge on any atom is 0.248 e. The molecular formula is C15H14Cl2N2O3S. The van der Waals surface area contributed by atoms with Crippen molar-refractivity contribution in [3.8, 4) is 0 Å². The first-order valence-corrected chi connectivity index (χ1v) is 9.10. The number of carbonyl (C=O) groups excluding carboxylic acids is 1. The molecule has 1 amide bonds. The van der Waals surface area contributed by atoms with Crippen molar-refractivity contribution >= 4 is 44.8 Å². The molecule has 0 atom stereocenters. The molecule has 0 aliphatic carbocycles. The Labute approximate surface area is 144 Å². The summed E-state index contributed by atoms with van der Waals surface area (Å²) in [6.07, 6.45) is 1.10. The Bertz CT molecular complexity index is 816. The van der Waals surface area contributed by atoms with Crippen LogP contribution in [0, 0.1) is 0 Å².